The van der Waals surface area contributed by atoms with Crippen molar-refractivity contribution in [3.8, 4) is 11.5 Å². The molecule has 1 unspecified atom stereocenters. The first-order valence-electron chi connectivity index (χ1n) is 6.23. The average Bonchev–Trinajstić information content (AvgIpc) is 2.42. The Labute approximate surface area is 121 Å². The molecule has 1 aromatic rings. The molecule has 0 amide bonds. The number of ether oxygens (including phenoxy) is 2. The Morgan fingerprint density at radius 3 is 2.57 bits per heavy atom. The highest BCUT2D eigenvalue weighted by atomic mass is 16.6. The molecule has 1 aromatic carbocycles. The molecule has 0 spiro atoms. The summed E-state index contributed by atoms with van der Waals surface area (Å²) in [4.78, 5) is 20.7. The maximum absolute atomic E-state index is 11.5. The number of nitro benzene ring substituents is 1. The van der Waals surface area contributed by atoms with E-state index < -0.39 is 17.0 Å². The lowest BCUT2D eigenvalue weighted by atomic mass is 10.1. The molecule has 1 N–H and O–H groups in total. The Kier molecular flexibility index (Phi) is 5.92. The summed E-state index contributed by atoms with van der Waals surface area (Å²) in [6.07, 6.45) is -1.09. The van der Waals surface area contributed by atoms with Crippen LogP contribution in [0.1, 0.15) is 31.4 Å². The van der Waals surface area contributed by atoms with Crippen LogP contribution in [0.3, 0.4) is 0 Å². The number of hydrogen-bond donors (Lipinski definition) is 1. The molecule has 0 radical (unpaired) electrons. The van der Waals surface area contributed by atoms with Crippen LogP contribution in [0.4, 0.5) is 5.69 Å². The molecule has 21 heavy (non-hydrogen) atoms. The SMILES string of the molecule is COc1cc(C(C)[O-])c([N+](=O)[O-])cc1OCCCC(=O)O. The molecule has 1 rings (SSSR count). The van der Waals surface area contributed by atoms with E-state index in [1.54, 1.807) is 0 Å². The predicted molar refractivity (Wildman–Crippen MR) is 70.4 cm³/mol. The molecule has 8 heteroatoms. The first-order valence-corrected chi connectivity index (χ1v) is 6.23. The van der Waals surface area contributed by atoms with Crippen molar-refractivity contribution < 1.29 is 29.4 Å². The molecule has 1 atom stereocenters. The number of benzene rings is 1. The molecule has 0 heterocycles. The number of carboxylic acid groups (broad SMARTS) is 1. The number of nitro groups is 1. The van der Waals surface area contributed by atoms with E-state index in [1.807, 2.05) is 0 Å². The smallest absolute Gasteiger partial charge is 0.303 e. The molecule has 0 aliphatic heterocycles. The van der Waals surface area contributed by atoms with Gasteiger partial charge in [-0.3, -0.25) is 14.9 Å². The van der Waals surface area contributed by atoms with Crippen molar-refractivity contribution in [1.29, 1.82) is 0 Å². The molecule has 0 bridgehead atoms. The van der Waals surface area contributed by atoms with Crippen LogP contribution in [0.2, 0.25) is 0 Å². The van der Waals surface area contributed by atoms with Crippen LogP contribution in [0.25, 0.3) is 0 Å². The normalized spacial score (nSPS) is 11.8. The molecule has 116 valence electrons. The summed E-state index contributed by atoms with van der Waals surface area (Å²) in [5, 5.41) is 31.0. The summed E-state index contributed by atoms with van der Waals surface area (Å²) in [5.74, 6) is -0.639. The summed E-state index contributed by atoms with van der Waals surface area (Å²) in [6, 6.07) is 2.41. The first-order chi connectivity index (χ1) is 9.86. The van der Waals surface area contributed by atoms with Crippen LogP contribution in [-0.2, 0) is 4.79 Å². The predicted octanol–water partition coefficient (Wildman–Crippen LogP) is 1.27. The van der Waals surface area contributed by atoms with Crippen molar-refractivity contribution >= 4 is 11.7 Å². The molecule has 8 nitrogen and oxygen atoms in total. The largest absolute Gasteiger partial charge is 0.849 e. The molecule has 0 aromatic heterocycles. The van der Waals surface area contributed by atoms with Gasteiger partial charge < -0.3 is 19.7 Å². The second-order valence-corrected chi connectivity index (χ2v) is 4.31. The van der Waals surface area contributed by atoms with Gasteiger partial charge in [-0.1, -0.05) is 13.0 Å². The molecule has 0 aliphatic carbocycles. The van der Waals surface area contributed by atoms with Crippen LogP contribution in [-0.4, -0.2) is 29.7 Å². The fourth-order valence-electron chi connectivity index (χ4n) is 1.73. The van der Waals surface area contributed by atoms with Gasteiger partial charge in [-0.2, -0.15) is 0 Å². The molecular formula is C13H16NO7-. The van der Waals surface area contributed by atoms with E-state index in [9.17, 15) is 20.0 Å². The van der Waals surface area contributed by atoms with Crippen LogP contribution in [0.15, 0.2) is 12.1 Å². The van der Waals surface area contributed by atoms with Gasteiger partial charge in [-0.05, 0) is 12.5 Å². The number of carbonyl (C=O) groups is 1. The van der Waals surface area contributed by atoms with Crippen molar-refractivity contribution in [1.82, 2.24) is 0 Å². The molecule has 0 aliphatic rings. The van der Waals surface area contributed by atoms with E-state index in [0.717, 1.165) is 6.07 Å². The zero-order chi connectivity index (χ0) is 16.0. The fraction of sp³-hybridized carbons (Fsp3) is 0.462. The van der Waals surface area contributed by atoms with Gasteiger partial charge in [-0.15, -0.1) is 0 Å². The Bertz CT molecular complexity index is 527. The minimum atomic E-state index is -1.28. The zero-order valence-corrected chi connectivity index (χ0v) is 11.7. The van der Waals surface area contributed by atoms with Gasteiger partial charge in [0.25, 0.3) is 5.69 Å². The average molecular weight is 298 g/mol. The Morgan fingerprint density at radius 2 is 2.10 bits per heavy atom. The van der Waals surface area contributed by atoms with Gasteiger partial charge in [-0.25, -0.2) is 0 Å². The summed E-state index contributed by atoms with van der Waals surface area (Å²) >= 11 is 0. The fourth-order valence-corrected chi connectivity index (χ4v) is 1.73. The Hall–Kier alpha value is -2.35. The number of carboxylic acids is 1. The van der Waals surface area contributed by atoms with Crippen LogP contribution >= 0.6 is 0 Å². The van der Waals surface area contributed by atoms with E-state index in [2.05, 4.69) is 0 Å². The van der Waals surface area contributed by atoms with Gasteiger partial charge in [0, 0.05) is 12.0 Å². The Balaban J connectivity index is 2.99. The van der Waals surface area contributed by atoms with E-state index in [1.165, 1.54) is 20.1 Å². The third kappa shape index (κ3) is 4.60. The molecule has 0 fully saturated rings. The van der Waals surface area contributed by atoms with Gasteiger partial charge in [0.15, 0.2) is 11.5 Å². The minimum absolute atomic E-state index is 0.00901. The number of methoxy groups -OCH3 is 1. The van der Waals surface area contributed by atoms with Crippen LogP contribution in [0, 0.1) is 10.1 Å². The lowest BCUT2D eigenvalue weighted by Crippen LogP contribution is -2.13. The van der Waals surface area contributed by atoms with Crippen molar-refractivity contribution in [2.24, 2.45) is 0 Å². The topological polar surface area (TPSA) is 122 Å². The van der Waals surface area contributed by atoms with Gasteiger partial charge >= 0.3 is 5.97 Å². The lowest BCUT2D eigenvalue weighted by molar-refractivity contribution is -0.427. The first kappa shape index (κ1) is 16.7. The highest BCUT2D eigenvalue weighted by Crippen LogP contribution is 2.36. The number of aliphatic carboxylic acids is 1. The van der Waals surface area contributed by atoms with Crippen LogP contribution < -0.4 is 14.6 Å². The zero-order valence-electron chi connectivity index (χ0n) is 11.7. The summed E-state index contributed by atoms with van der Waals surface area (Å²) in [7, 11) is 1.35. The minimum Gasteiger partial charge on any atom is -0.849 e. The molecule has 0 saturated carbocycles. The van der Waals surface area contributed by atoms with Gasteiger partial charge in [0.1, 0.15) is 0 Å². The second kappa shape index (κ2) is 7.44. The van der Waals surface area contributed by atoms with E-state index >= 15 is 0 Å². The van der Waals surface area contributed by atoms with Crippen LogP contribution in [0.5, 0.6) is 11.5 Å². The maximum Gasteiger partial charge on any atom is 0.303 e. The standard InChI is InChI=1S/C13H16NO7/c1-8(15)9-6-11(20-2)12(7-10(9)14(18)19)21-5-3-4-13(16)17/h6-8H,3-5H2,1-2H3,(H,16,17)/q-1. The Morgan fingerprint density at radius 1 is 1.43 bits per heavy atom. The summed E-state index contributed by atoms with van der Waals surface area (Å²) < 4.78 is 10.4. The molecular weight excluding hydrogens is 282 g/mol. The van der Waals surface area contributed by atoms with E-state index in [-0.39, 0.29) is 42.2 Å². The van der Waals surface area contributed by atoms with Crippen molar-refractivity contribution in [3.63, 3.8) is 0 Å². The number of rotatable bonds is 8. The highest BCUT2D eigenvalue weighted by molar-refractivity contribution is 5.66. The number of nitrogens with zero attached hydrogens (tertiary/aromatic N) is 1. The highest BCUT2D eigenvalue weighted by Gasteiger charge is 2.19. The van der Waals surface area contributed by atoms with Crippen molar-refractivity contribution in [2.45, 2.75) is 25.9 Å². The van der Waals surface area contributed by atoms with E-state index in [0.29, 0.717) is 0 Å². The summed E-state index contributed by atoms with van der Waals surface area (Å²) in [6.45, 7) is 1.38. The number of hydrogen-bond acceptors (Lipinski definition) is 6. The van der Waals surface area contributed by atoms with Gasteiger partial charge in [0.05, 0.1) is 24.7 Å². The lowest BCUT2D eigenvalue weighted by Gasteiger charge is -2.19. The quantitative estimate of drug-likeness (QED) is 0.435. The molecule has 0 saturated heterocycles. The van der Waals surface area contributed by atoms with Gasteiger partial charge in [0.2, 0.25) is 0 Å². The van der Waals surface area contributed by atoms with Crippen molar-refractivity contribution in [3.05, 3.63) is 27.8 Å². The second-order valence-electron chi connectivity index (χ2n) is 4.31. The monoisotopic (exact) mass is 298 g/mol. The van der Waals surface area contributed by atoms with E-state index in [4.69, 9.17) is 14.6 Å². The third-order valence-corrected chi connectivity index (χ3v) is 2.74. The summed E-state index contributed by atoms with van der Waals surface area (Å²) in [5.41, 5.74) is -0.332. The maximum atomic E-state index is 11.5. The van der Waals surface area contributed by atoms with Crippen molar-refractivity contribution in [2.75, 3.05) is 13.7 Å². The third-order valence-electron chi connectivity index (χ3n) is 2.74.